The number of benzene rings is 2. The van der Waals surface area contributed by atoms with Crippen molar-refractivity contribution in [1.82, 2.24) is 19.6 Å². The predicted octanol–water partition coefficient (Wildman–Crippen LogP) is 7.84. The highest BCUT2D eigenvalue weighted by atomic mass is 32.1. The van der Waals surface area contributed by atoms with Crippen LogP contribution < -0.4 is 0 Å². The molecule has 8 heteroatoms. The van der Waals surface area contributed by atoms with Crippen molar-refractivity contribution in [1.29, 1.82) is 0 Å². The molecule has 0 bridgehead atoms. The molecule has 5 rings (SSSR count). The van der Waals surface area contributed by atoms with Crippen LogP contribution in [0, 0.1) is 0 Å². The topological polar surface area (TPSA) is 43.1 Å². The highest BCUT2D eigenvalue weighted by Crippen LogP contribution is 2.36. The third-order valence-corrected chi connectivity index (χ3v) is 7.43. The maximum absolute atomic E-state index is 13.0. The average molecular weight is 507 g/mol. The van der Waals surface area contributed by atoms with Crippen molar-refractivity contribution in [3.63, 3.8) is 0 Å². The first-order valence-corrected chi connectivity index (χ1v) is 12.7. The zero-order valence-corrected chi connectivity index (χ0v) is 20.8. The molecular weight excluding hydrogens is 481 g/mol. The molecule has 0 aliphatic carbocycles. The molecule has 0 fully saturated rings. The van der Waals surface area contributed by atoms with Crippen LogP contribution in [0.5, 0.6) is 0 Å². The van der Waals surface area contributed by atoms with Crippen LogP contribution in [0.1, 0.15) is 43.6 Å². The molecule has 0 radical (unpaired) electrons. The van der Waals surface area contributed by atoms with Crippen LogP contribution >= 0.6 is 11.3 Å². The van der Waals surface area contributed by atoms with E-state index in [1.54, 1.807) is 23.7 Å². The lowest BCUT2D eigenvalue weighted by Gasteiger charge is -2.29. The van der Waals surface area contributed by atoms with Crippen LogP contribution in [0.4, 0.5) is 13.2 Å². The molecule has 0 saturated carbocycles. The second-order valence-electron chi connectivity index (χ2n) is 9.20. The normalized spacial score (nSPS) is 13.7. The van der Waals surface area contributed by atoms with E-state index in [1.165, 1.54) is 12.1 Å². The van der Waals surface area contributed by atoms with Gasteiger partial charge in [0.25, 0.3) is 0 Å². The van der Waals surface area contributed by atoms with Gasteiger partial charge < -0.3 is 0 Å². The molecule has 4 nitrogen and oxygen atoms in total. The Morgan fingerprint density at radius 3 is 2.39 bits per heavy atom. The molecule has 5 aromatic rings. The highest BCUT2D eigenvalue weighted by Gasteiger charge is 2.32. The molecule has 0 aliphatic heterocycles. The Kier molecular flexibility index (Phi) is 6.38. The van der Waals surface area contributed by atoms with E-state index in [4.69, 9.17) is 4.98 Å². The summed E-state index contributed by atoms with van der Waals surface area (Å²) in [5, 5.41) is 7.73. The molecule has 0 N–H and O–H groups in total. The van der Waals surface area contributed by atoms with Crippen molar-refractivity contribution in [3.8, 4) is 21.7 Å². The van der Waals surface area contributed by atoms with Crippen molar-refractivity contribution in [2.24, 2.45) is 0 Å². The Morgan fingerprint density at radius 1 is 0.944 bits per heavy atom. The van der Waals surface area contributed by atoms with Crippen molar-refractivity contribution in [2.75, 3.05) is 0 Å². The quantitative estimate of drug-likeness (QED) is 0.226. The summed E-state index contributed by atoms with van der Waals surface area (Å²) >= 11 is 1.64. The fraction of sp³-hybridized carbons (Fsp3) is 0.250. The van der Waals surface area contributed by atoms with E-state index >= 15 is 0 Å². The maximum Gasteiger partial charge on any atom is 0.416 e. The molecule has 0 spiro atoms. The van der Waals surface area contributed by atoms with Gasteiger partial charge in [-0.3, -0.25) is 0 Å². The van der Waals surface area contributed by atoms with Crippen molar-refractivity contribution >= 4 is 17.0 Å². The van der Waals surface area contributed by atoms with Gasteiger partial charge in [-0.1, -0.05) is 62.7 Å². The molecule has 36 heavy (non-hydrogen) atoms. The van der Waals surface area contributed by atoms with Gasteiger partial charge in [0, 0.05) is 34.5 Å². The minimum atomic E-state index is -4.37. The Balaban J connectivity index is 1.51. The second kappa shape index (κ2) is 9.50. The first-order chi connectivity index (χ1) is 17.3. The monoisotopic (exact) mass is 506 g/mol. The second-order valence-corrected chi connectivity index (χ2v) is 10.1. The smallest absolute Gasteiger partial charge is 0.241 e. The number of halogens is 3. The van der Waals surface area contributed by atoms with Crippen LogP contribution in [0.2, 0.25) is 0 Å². The molecular formula is C28H25F3N4S. The van der Waals surface area contributed by atoms with E-state index in [-0.39, 0.29) is 5.41 Å². The Bertz CT molecular complexity index is 1470. The first-order valence-electron chi connectivity index (χ1n) is 11.8. The molecule has 2 aromatic carbocycles. The molecule has 1 atom stereocenters. The lowest BCUT2D eigenvalue weighted by Crippen LogP contribution is -2.28. The van der Waals surface area contributed by atoms with Crippen molar-refractivity contribution in [2.45, 2.75) is 44.7 Å². The van der Waals surface area contributed by atoms with Crippen LogP contribution in [0.3, 0.4) is 0 Å². The number of nitrogens with zero attached hydrogens (tertiary/aromatic N) is 4. The van der Waals surface area contributed by atoms with E-state index in [1.807, 2.05) is 28.8 Å². The SMILES string of the molecule is CCCC(C)(Cc1csc(-c2ccccc2)n1)c1ccnc2c(-c3ccc(C(F)(F)F)cc3)cnn12. The summed E-state index contributed by atoms with van der Waals surface area (Å²) in [5.74, 6) is 0. The minimum absolute atomic E-state index is 0.262. The molecule has 0 amide bonds. The number of alkyl halides is 3. The number of fused-ring (bicyclic) bond motifs is 1. The number of hydrogen-bond donors (Lipinski definition) is 0. The minimum Gasteiger partial charge on any atom is -0.241 e. The summed E-state index contributed by atoms with van der Waals surface area (Å²) in [6.45, 7) is 4.37. The third kappa shape index (κ3) is 4.65. The number of aromatic nitrogens is 4. The summed E-state index contributed by atoms with van der Waals surface area (Å²) in [6, 6.07) is 17.3. The molecule has 0 saturated heterocycles. The summed E-state index contributed by atoms with van der Waals surface area (Å²) in [6.07, 6.45) is 1.69. The summed E-state index contributed by atoms with van der Waals surface area (Å²) in [7, 11) is 0. The number of hydrogen-bond acceptors (Lipinski definition) is 4. The fourth-order valence-electron chi connectivity index (χ4n) is 4.75. The van der Waals surface area contributed by atoms with Gasteiger partial charge in [-0.05, 0) is 30.2 Å². The van der Waals surface area contributed by atoms with E-state index < -0.39 is 11.7 Å². The standard InChI is InChI=1S/C28H25F3N4S/c1-3-14-27(2,16-22-18-36-26(34-22)20-7-5-4-6-8-20)24-13-15-32-25-23(17-33-35(24)25)19-9-11-21(12-10-19)28(29,30)31/h4-13,15,17-18H,3,14,16H2,1-2H3. The molecule has 0 aliphatic rings. The zero-order chi connectivity index (χ0) is 25.3. The average Bonchev–Trinajstić information content (AvgIpc) is 3.51. The maximum atomic E-state index is 13.0. The van der Waals surface area contributed by atoms with E-state index in [0.29, 0.717) is 16.8 Å². The van der Waals surface area contributed by atoms with Gasteiger partial charge in [-0.25, -0.2) is 14.5 Å². The summed E-state index contributed by atoms with van der Waals surface area (Å²) in [5.41, 5.74) is 4.16. The Morgan fingerprint density at radius 2 is 1.69 bits per heavy atom. The van der Waals surface area contributed by atoms with E-state index in [0.717, 1.165) is 53.4 Å². The van der Waals surface area contributed by atoms with Crippen LogP contribution in [0.15, 0.2) is 78.4 Å². The largest absolute Gasteiger partial charge is 0.416 e. The lowest BCUT2D eigenvalue weighted by atomic mass is 9.78. The Hall–Kier alpha value is -3.52. The fourth-order valence-corrected chi connectivity index (χ4v) is 5.58. The van der Waals surface area contributed by atoms with Gasteiger partial charge in [0.2, 0.25) is 0 Å². The van der Waals surface area contributed by atoms with Crippen molar-refractivity contribution < 1.29 is 13.2 Å². The van der Waals surface area contributed by atoms with Gasteiger partial charge in [0.15, 0.2) is 5.65 Å². The van der Waals surface area contributed by atoms with Gasteiger partial charge in [-0.15, -0.1) is 11.3 Å². The van der Waals surface area contributed by atoms with E-state index in [2.05, 4.69) is 41.4 Å². The first kappa shape index (κ1) is 24.2. The van der Waals surface area contributed by atoms with Gasteiger partial charge in [0.1, 0.15) is 5.01 Å². The molecule has 3 heterocycles. The zero-order valence-electron chi connectivity index (χ0n) is 20.0. The summed E-state index contributed by atoms with van der Waals surface area (Å²) in [4.78, 5) is 9.45. The van der Waals surface area contributed by atoms with Gasteiger partial charge in [0.05, 0.1) is 23.1 Å². The van der Waals surface area contributed by atoms with Crippen LogP contribution in [-0.2, 0) is 18.0 Å². The number of rotatable bonds is 7. The van der Waals surface area contributed by atoms with Crippen LogP contribution in [-0.4, -0.2) is 19.6 Å². The summed E-state index contributed by atoms with van der Waals surface area (Å²) < 4.78 is 40.9. The Labute approximate surface area is 211 Å². The highest BCUT2D eigenvalue weighted by molar-refractivity contribution is 7.13. The molecule has 3 aromatic heterocycles. The lowest BCUT2D eigenvalue weighted by molar-refractivity contribution is -0.137. The predicted molar refractivity (Wildman–Crippen MR) is 137 cm³/mol. The third-order valence-electron chi connectivity index (χ3n) is 6.49. The van der Waals surface area contributed by atoms with Crippen molar-refractivity contribution in [3.05, 3.63) is 95.4 Å². The van der Waals surface area contributed by atoms with Crippen LogP contribution in [0.25, 0.3) is 27.3 Å². The number of thiazole rings is 1. The van der Waals surface area contributed by atoms with Gasteiger partial charge >= 0.3 is 6.18 Å². The van der Waals surface area contributed by atoms with Gasteiger partial charge in [-0.2, -0.15) is 18.3 Å². The van der Waals surface area contributed by atoms with E-state index in [9.17, 15) is 13.2 Å². The molecule has 184 valence electrons. The molecule has 1 unspecified atom stereocenters.